The minimum absolute atomic E-state index is 0.121. The minimum Gasteiger partial charge on any atom is -0.357 e. The standard InChI is InChI=1S/C16H20N2O/c1-17(2)15(11-13-7-5-4-6-8-13)16(19)14-9-10-18(3)12-14/h4-10,12,15H,11H2,1-3H3/t15-/m1/s1. The molecule has 19 heavy (non-hydrogen) atoms. The van der Waals surface area contributed by atoms with Crippen LogP contribution in [0, 0.1) is 0 Å². The molecule has 0 N–H and O–H groups in total. The molecule has 0 fully saturated rings. The van der Waals surface area contributed by atoms with Gasteiger partial charge in [-0.1, -0.05) is 30.3 Å². The molecule has 2 aromatic rings. The van der Waals surface area contributed by atoms with E-state index in [0.29, 0.717) is 0 Å². The molecule has 3 nitrogen and oxygen atoms in total. The molecule has 1 aromatic heterocycles. The van der Waals surface area contributed by atoms with Gasteiger partial charge in [-0.2, -0.15) is 0 Å². The van der Waals surface area contributed by atoms with E-state index in [0.717, 1.165) is 12.0 Å². The average molecular weight is 256 g/mol. The molecule has 0 radical (unpaired) electrons. The lowest BCUT2D eigenvalue weighted by Crippen LogP contribution is -2.37. The summed E-state index contributed by atoms with van der Waals surface area (Å²) in [4.78, 5) is 14.5. The van der Waals surface area contributed by atoms with Crippen LogP contribution in [0.1, 0.15) is 15.9 Å². The Labute approximate surface area is 114 Å². The van der Waals surface area contributed by atoms with Gasteiger partial charge in [0.25, 0.3) is 0 Å². The van der Waals surface area contributed by atoms with E-state index >= 15 is 0 Å². The van der Waals surface area contributed by atoms with Gasteiger partial charge in [0.05, 0.1) is 6.04 Å². The summed E-state index contributed by atoms with van der Waals surface area (Å²) in [5.41, 5.74) is 1.96. The van der Waals surface area contributed by atoms with Crippen LogP contribution >= 0.6 is 0 Å². The number of carbonyl (C=O) groups is 1. The molecule has 0 aliphatic heterocycles. The molecule has 0 amide bonds. The van der Waals surface area contributed by atoms with Crippen LogP contribution in [0.25, 0.3) is 0 Å². The predicted molar refractivity (Wildman–Crippen MR) is 77.4 cm³/mol. The molecule has 0 spiro atoms. The Morgan fingerprint density at radius 2 is 1.89 bits per heavy atom. The first kappa shape index (κ1) is 13.6. The summed E-state index contributed by atoms with van der Waals surface area (Å²) in [6, 6.07) is 11.9. The Bertz CT molecular complexity index is 543. The van der Waals surface area contributed by atoms with Crippen molar-refractivity contribution in [3.05, 3.63) is 59.9 Å². The number of hydrogen-bond acceptors (Lipinski definition) is 2. The van der Waals surface area contributed by atoms with E-state index in [9.17, 15) is 4.79 Å². The van der Waals surface area contributed by atoms with Crippen molar-refractivity contribution in [3.63, 3.8) is 0 Å². The number of likely N-dealkylation sites (N-methyl/N-ethyl adjacent to an activating group) is 1. The van der Waals surface area contributed by atoms with Crippen LogP contribution in [-0.2, 0) is 13.5 Å². The van der Waals surface area contributed by atoms with Gasteiger partial charge in [0.1, 0.15) is 0 Å². The highest BCUT2D eigenvalue weighted by molar-refractivity contribution is 6.00. The lowest BCUT2D eigenvalue weighted by Gasteiger charge is -2.22. The Morgan fingerprint density at radius 3 is 2.42 bits per heavy atom. The summed E-state index contributed by atoms with van der Waals surface area (Å²) in [5.74, 6) is 0.175. The molecular weight excluding hydrogens is 236 g/mol. The molecule has 0 saturated heterocycles. The number of carbonyl (C=O) groups excluding carboxylic acids is 1. The number of hydrogen-bond donors (Lipinski definition) is 0. The summed E-state index contributed by atoms with van der Waals surface area (Å²) in [7, 11) is 5.83. The topological polar surface area (TPSA) is 25.2 Å². The number of Topliss-reactive ketones (excluding diaryl/α,β-unsaturated/α-hetero) is 1. The monoisotopic (exact) mass is 256 g/mol. The van der Waals surface area contributed by atoms with Crippen molar-refractivity contribution in [1.29, 1.82) is 0 Å². The van der Waals surface area contributed by atoms with E-state index in [4.69, 9.17) is 0 Å². The second kappa shape index (κ2) is 5.85. The molecule has 0 unspecified atom stereocenters. The largest absolute Gasteiger partial charge is 0.357 e. The van der Waals surface area contributed by atoms with Gasteiger partial charge in [-0.3, -0.25) is 9.69 Å². The highest BCUT2D eigenvalue weighted by Crippen LogP contribution is 2.13. The van der Waals surface area contributed by atoms with Gasteiger partial charge >= 0.3 is 0 Å². The van der Waals surface area contributed by atoms with Crippen LogP contribution in [0.4, 0.5) is 0 Å². The number of rotatable bonds is 5. The molecule has 1 atom stereocenters. The SMILES string of the molecule is CN(C)[C@H](Cc1ccccc1)C(=O)c1ccn(C)c1. The minimum atomic E-state index is -0.121. The van der Waals surface area contributed by atoms with Crippen LogP contribution in [-0.4, -0.2) is 35.4 Å². The van der Waals surface area contributed by atoms with Crippen LogP contribution in [0.5, 0.6) is 0 Å². The first-order valence-corrected chi connectivity index (χ1v) is 6.44. The zero-order valence-electron chi connectivity index (χ0n) is 11.7. The van der Waals surface area contributed by atoms with E-state index in [1.165, 1.54) is 5.56 Å². The fourth-order valence-electron chi connectivity index (χ4n) is 2.19. The van der Waals surface area contributed by atoms with E-state index in [-0.39, 0.29) is 11.8 Å². The lowest BCUT2D eigenvalue weighted by atomic mass is 9.98. The molecule has 1 heterocycles. The first-order valence-electron chi connectivity index (χ1n) is 6.44. The fraction of sp³-hybridized carbons (Fsp3) is 0.312. The van der Waals surface area contributed by atoms with Crippen LogP contribution in [0.15, 0.2) is 48.8 Å². The fourth-order valence-corrected chi connectivity index (χ4v) is 2.19. The van der Waals surface area contributed by atoms with Gasteiger partial charge in [-0.25, -0.2) is 0 Å². The Hall–Kier alpha value is -1.87. The number of aromatic nitrogens is 1. The smallest absolute Gasteiger partial charge is 0.181 e. The van der Waals surface area contributed by atoms with Crippen molar-refractivity contribution < 1.29 is 4.79 Å². The van der Waals surface area contributed by atoms with Crippen molar-refractivity contribution in [2.45, 2.75) is 12.5 Å². The first-order chi connectivity index (χ1) is 9.08. The zero-order chi connectivity index (χ0) is 13.8. The molecule has 0 bridgehead atoms. The second-order valence-corrected chi connectivity index (χ2v) is 5.10. The molecule has 100 valence electrons. The Kier molecular flexibility index (Phi) is 4.17. The van der Waals surface area contributed by atoms with Crippen molar-refractivity contribution in [2.24, 2.45) is 7.05 Å². The number of aryl methyl sites for hydroxylation is 1. The third-order valence-corrected chi connectivity index (χ3v) is 3.31. The molecule has 0 saturated carbocycles. The third-order valence-electron chi connectivity index (χ3n) is 3.31. The summed E-state index contributed by atoms with van der Waals surface area (Å²) < 4.78 is 1.91. The van der Waals surface area contributed by atoms with Crippen molar-refractivity contribution in [2.75, 3.05) is 14.1 Å². The Balaban J connectivity index is 2.19. The van der Waals surface area contributed by atoms with Crippen molar-refractivity contribution in [3.8, 4) is 0 Å². The molecule has 2 rings (SSSR count). The molecule has 0 aliphatic rings. The number of benzene rings is 1. The second-order valence-electron chi connectivity index (χ2n) is 5.10. The van der Waals surface area contributed by atoms with Crippen LogP contribution in [0.2, 0.25) is 0 Å². The van der Waals surface area contributed by atoms with Gasteiger partial charge in [0, 0.05) is 25.0 Å². The van der Waals surface area contributed by atoms with E-state index in [1.807, 2.05) is 67.3 Å². The van der Waals surface area contributed by atoms with Gasteiger partial charge in [0.15, 0.2) is 5.78 Å². The average Bonchev–Trinajstić information content (AvgIpc) is 2.83. The van der Waals surface area contributed by atoms with Crippen LogP contribution in [0.3, 0.4) is 0 Å². The predicted octanol–water partition coefficient (Wildman–Crippen LogP) is 2.38. The van der Waals surface area contributed by atoms with Crippen LogP contribution < -0.4 is 0 Å². The van der Waals surface area contributed by atoms with E-state index < -0.39 is 0 Å². The normalized spacial score (nSPS) is 12.6. The zero-order valence-corrected chi connectivity index (χ0v) is 11.7. The Morgan fingerprint density at radius 1 is 1.21 bits per heavy atom. The van der Waals surface area contributed by atoms with Gasteiger partial charge in [-0.05, 0) is 32.1 Å². The highest BCUT2D eigenvalue weighted by Gasteiger charge is 2.23. The lowest BCUT2D eigenvalue weighted by molar-refractivity contribution is 0.0875. The maximum absolute atomic E-state index is 12.5. The van der Waals surface area contributed by atoms with Gasteiger partial charge < -0.3 is 4.57 Å². The quantitative estimate of drug-likeness (QED) is 0.767. The molecule has 3 heteroatoms. The van der Waals surface area contributed by atoms with Crippen molar-refractivity contribution >= 4 is 5.78 Å². The maximum Gasteiger partial charge on any atom is 0.181 e. The van der Waals surface area contributed by atoms with E-state index in [2.05, 4.69) is 12.1 Å². The number of nitrogens with zero attached hydrogens (tertiary/aromatic N) is 2. The van der Waals surface area contributed by atoms with Gasteiger partial charge in [0.2, 0.25) is 0 Å². The third kappa shape index (κ3) is 3.32. The van der Waals surface area contributed by atoms with E-state index in [1.54, 1.807) is 0 Å². The molecule has 0 aliphatic carbocycles. The van der Waals surface area contributed by atoms with Crippen molar-refractivity contribution in [1.82, 2.24) is 9.47 Å². The highest BCUT2D eigenvalue weighted by atomic mass is 16.1. The summed E-state index contributed by atoms with van der Waals surface area (Å²) in [6.07, 6.45) is 4.52. The van der Waals surface area contributed by atoms with Gasteiger partial charge in [-0.15, -0.1) is 0 Å². The summed E-state index contributed by atoms with van der Waals surface area (Å²) in [5, 5.41) is 0. The summed E-state index contributed by atoms with van der Waals surface area (Å²) >= 11 is 0. The molecule has 1 aromatic carbocycles. The number of ketones is 1. The summed E-state index contributed by atoms with van der Waals surface area (Å²) in [6.45, 7) is 0. The maximum atomic E-state index is 12.5. The molecular formula is C16H20N2O.